The van der Waals surface area contributed by atoms with Crippen LogP contribution in [0.25, 0.3) is 0 Å². The lowest BCUT2D eigenvalue weighted by Gasteiger charge is -2.37. The predicted molar refractivity (Wildman–Crippen MR) is 99.3 cm³/mol. The monoisotopic (exact) mass is 362 g/mol. The highest BCUT2D eigenvalue weighted by molar-refractivity contribution is 7.90. The molecule has 0 amide bonds. The molecule has 0 aromatic heterocycles. The van der Waals surface area contributed by atoms with Gasteiger partial charge in [0.15, 0.2) is 5.96 Å². The molecule has 0 aliphatic carbocycles. The summed E-state index contributed by atoms with van der Waals surface area (Å²) < 4.78 is 28.0. The van der Waals surface area contributed by atoms with E-state index in [0.717, 1.165) is 38.8 Å². The van der Waals surface area contributed by atoms with Crippen molar-refractivity contribution in [3.63, 3.8) is 0 Å². The molecule has 1 aliphatic rings. The summed E-state index contributed by atoms with van der Waals surface area (Å²) in [7, 11) is -1.20. The molecule has 1 saturated heterocycles. The molecule has 0 aromatic carbocycles. The van der Waals surface area contributed by atoms with Gasteiger partial charge in [0.1, 0.15) is 9.84 Å². The largest absolute Gasteiger partial charge is 0.379 e. The third kappa shape index (κ3) is 8.30. The summed E-state index contributed by atoms with van der Waals surface area (Å²) >= 11 is 0. The Morgan fingerprint density at radius 3 is 2.38 bits per heavy atom. The first-order valence-corrected chi connectivity index (χ1v) is 10.8. The van der Waals surface area contributed by atoms with Gasteiger partial charge in [0.2, 0.25) is 0 Å². The van der Waals surface area contributed by atoms with Gasteiger partial charge in [-0.1, -0.05) is 13.8 Å². The Labute approximate surface area is 147 Å². The predicted octanol–water partition coefficient (Wildman–Crippen LogP) is 0.331. The number of ether oxygens (including phenoxy) is 1. The number of rotatable bonds is 8. The minimum atomic E-state index is -2.93. The van der Waals surface area contributed by atoms with Crippen LogP contribution in [0.2, 0.25) is 0 Å². The average molecular weight is 363 g/mol. The fourth-order valence-electron chi connectivity index (χ4n) is 2.79. The number of hydrogen-bond acceptors (Lipinski definition) is 5. The number of guanidine groups is 1. The van der Waals surface area contributed by atoms with E-state index < -0.39 is 9.84 Å². The van der Waals surface area contributed by atoms with E-state index in [9.17, 15) is 8.42 Å². The first-order chi connectivity index (χ1) is 11.2. The SMILES string of the molecule is CN=C(NCC(C(C)C)N1CCOCC1)NC(C)CCS(C)(=O)=O. The Bertz CT molecular complexity index is 488. The summed E-state index contributed by atoms with van der Waals surface area (Å²) in [6.07, 6.45) is 1.83. The van der Waals surface area contributed by atoms with Gasteiger partial charge in [-0.2, -0.15) is 0 Å². The second-order valence-electron chi connectivity index (χ2n) is 6.88. The second kappa shape index (κ2) is 10.2. The number of aliphatic imine (C=N–C) groups is 1. The van der Waals surface area contributed by atoms with E-state index in [0.29, 0.717) is 18.4 Å². The maximum Gasteiger partial charge on any atom is 0.191 e. The standard InChI is InChI=1S/C16H34N4O3S/c1-13(2)15(20-7-9-23-10-8-20)12-18-16(17-4)19-14(3)6-11-24(5,21)22/h13-15H,6-12H2,1-5H3,(H2,17,18,19). The van der Waals surface area contributed by atoms with Crippen molar-refractivity contribution >= 4 is 15.8 Å². The fraction of sp³-hybridized carbons (Fsp3) is 0.938. The molecule has 2 atom stereocenters. The van der Waals surface area contributed by atoms with Gasteiger partial charge in [-0.3, -0.25) is 9.89 Å². The number of hydrogen-bond donors (Lipinski definition) is 2. The van der Waals surface area contributed by atoms with E-state index in [4.69, 9.17) is 4.74 Å². The van der Waals surface area contributed by atoms with Gasteiger partial charge < -0.3 is 15.4 Å². The fourth-order valence-corrected chi connectivity index (χ4v) is 3.57. The maximum atomic E-state index is 11.3. The third-order valence-corrected chi connectivity index (χ3v) is 5.27. The third-order valence-electron chi connectivity index (χ3n) is 4.29. The summed E-state index contributed by atoms with van der Waals surface area (Å²) in [4.78, 5) is 6.71. The van der Waals surface area contributed by atoms with Crippen molar-refractivity contribution in [1.82, 2.24) is 15.5 Å². The molecule has 2 N–H and O–H groups in total. The number of sulfone groups is 1. The number of nitrogens with zero attached hydrogens (tertiary/aromatic N) is 2. The van der Waals surface area contributed by atoms with Crippen molar-refractivity contribution in [3.05, 3.63) is 0 Å². The highest BCUT2D eigenvalue weighted by Gasteiger charge is 2.24. The quantitative estimate of drug-likeness (QED) is 0.478. The van der Waals surface area contributed by atoms with E-state index >= 15 is 0 Å². The van der Waals surface area contributed by atoms with Crippen LogP contribution in [0.3, 0.4) is 0 Å². The van der Waals surface area contributed by atoms with Gasteiger partial charge in [0, 0.05) is 45.0 Å². The molecule has 24 heavy (non-hydrogen) atoms. The highest BCUT2D eigenvalue weighted by Crippen LogP contribution is 2.12. The van der Waals surface area contributed by atoms with Crippen LogP contribution in [0.1, 0.15) is 27.2 Å². The summed E-state index contributed by atoms with van der Waals surface area (Å²) in [6.45, 7) is 10.7. The molecule has 0 bridgehead atoms. The first kappa shape index (κ1) is 21.2. The summed E-state index contributed by atoms with van der Waals surface area (Å²) in [5.74, 6) is 1.42. The van der Waals surface area contributed by atoms with Gasteiger partial charge >= 0.3 is 0 Å². The lowest BCUT2D eigenvalue weighted by atomic mass is 10.0. The van der Waals surface area contributed by atoms with Crippen LogP contribution >= 0.6 is 0 Å². The molecule has 7 nitrogen and oxygen atoms in total. The summed E-state index contributed by atoms with van der Waals surface area (Å²) in [5.41, 5.74) is 0. The molecule has 1 fully saturated rings. The van der Waals surface area contributed by atoms with Gasteiger partial charge in [-0.25, -0.2) is 8.42 Å². The molecule has 1 aliphatic heterocycles. The maximum absolute atomic E-state index is 11.3. The zero-order valence-electron chi connectivity index (χ0n) is 15.7. The molecular formula is C16H34N4O3S. The molecule has 2 unspecified atom stereocenters. The Hall–Kier alpha value is -0.860. The molecular weight excluding hydrogens is 328 g/mol. The Balaban J connectivity index is 2.48. The lowest BCUT2D eigenvalue weighted by molar-refractivity contribution is 0.00751. The zero-order chi connectivity index (χ0) is 18.2. The molecule has 0 radical (unpaired) electrons. The van der Waals surface area contributed by atoms with Crippen LogP contribution in [0, 0.1) is 5.92 Å². The normalized spacial score (nSPS) is 20.0. The van der Waals surface area contributed by atoms with Crippen molar-refractivity contribution < 1.29 is 13.2 Å². The lowest BCUT2D eigenvalue weighted by Crippen LogP contribution is -2.53. The smallest absolute Gasteiger partial charge is 0.191 e. The van der Waals surface area contributed by atoms with Gasteiger partial charge in [-0.05, 0) is 19.3 Å². The van der Waals surface area contributed by atoms with Crippen LogP contribution in [-0.4, -0.2) is 83.3 Å². The topological polar surface area (TPSA) is 83.0 Å². The van der Waals surface area contributed by atoms with E-state index in [1.54, 1.807) is 7.05 Å². The van der Waals surface area contributed by atoms with E-state index in [-0.39, 0.29) is 11.8 Å². The number of morpholine rings is 1. The second-order valence-corrected chi connectivity index (χ2v) is 9.14. The molecule has 1 heterocycles. The minimum absolute atomic E-state index is 0.0480. The van der Waals surface area contributed by atoms with Crippen LogP contribution in [-0.2, 0) is 14.6 Å². The number of nitrogens with one attached hydrogen (secondary N) is 2. The molecule has 142 valence electrons. The van der Waals surface area contributed by atoms with Gasteiger partial charge in [0.25, 0.3) is 0 Å². The van der Waals surface area contributed by atoms with E-state index in [1.807, 2.05) is 6.92 Å². The van der Waals surface area contributed by atoms with Crippen molar-refractivity contribution in [2.24, 2.45) is 10.9 Å². The van der Waals surface area contributed by atoms with E-state index in [1.165, 1.54) is 6.26 Å². The highest BCUT2D eigenvalue weighted by atomic mass is 32.2. The molecule has 0 aromatic rings. The van der Waals surface area contributed by atoms with Crippen LogP contribution < -0.4 is 10.6 Å². The van der Waals surface area contributed by atoms with Crippen molar-refractivity contribution in [3.8, 4) is 0 Å². The first-order valence-electron chi connectivity index (χ1n) is 8.69. The van der Waals surface area contributed by atoms with Crippen molar-refractivity contribution in [2.75, 3.05) is 51.9 Å². The zero-order valence-corrected chi connectivity index (χ0v) is 16.5. The Morgan fingerprint density at radius 1 is 1.25 bits per heavy atom. The van der Waals surface area contributed by atoms with Crippen molar-refractivity contribution in [2.45, 2.75) is 39.3 Å². The van der Waals surface area contributed by atoms with Gasteiger partial charge in [-0.15, -0.1) is 0 Å². The Morgan fingerprint density at radius 2 is 1.88 bits per heavy atom. The van der Waals surface area contributed by atoms with E-state index in [2.05, 4.69) is 34.4 Å². The summed E-state index contributed by atoms with van der Waals surface area (Å²) in [5, 5.41) is 6.65. The van der Waals surface area contributed by atoms with Crippen LogP contribution in [0.5, 0.6) is 0 Å². The van der Waals surface area contributed by atoms with Crippen LogP contribution in [0.15, 0.2) is 4.99 Å². The molecule has 1 rings (SSSR count). The molecule has 8 heteroatoms. The molecule has 0 saturated carbocycles. The van der Waals surface area contributed by atoms with Crippen LogP contribution in [0.4, 0.5) is 0 Å². The average Bonchev–Trinajstić information content (AvgIpc) is 2.52. The van der Waals surface area contributed by atoms with Crippen molar-refractivity contribution in [1.29, 1.82) is 0 Å². The Kier molecular flexibility index (Phi) is 9.01. The minimum Gasteiger partial charge on any atom is -0.379 e. The molecule has 0 spiro atoms. The summed E-state index contributed by atoms with van der Waals surface area (Å²) in [6, 6.07) is 0.464. The van der Waals surface area contributed by atoms with Gasteiger partial charge in [0.05, 0.1) is 19.0 Å².